The van der Waals surface area contributed by atoms with Crippen LogP contribution in [0.15, 0.2) is 24.3 Å². The van der Waals surface area contributed by atoms with E-state index in [1.165, 1.54) is 28.6 Å². The van der Waals surface area contributed by atoms with E-state index in [4.69, 9.17) is 46.4 Å². The molecule has 0 bridgehead atoms. The Morgan fingerprint density at radius 3 is 2.15 bits per heavy atom. The average Bonchev–Trinajstić information content (AvgIpc) is 2.50. The van der Waals surface area contributed by atoms with Crippen molar-refractivity contribution in [3.8, 4) is 0 Å². The van der Waals surface area contributed by atoms with Gasteiger partial charge in [-0.05, 0) is 17.5 Å². The Kier molecular flexibility index (Phi) is 4.33. The van der Waals surface area contributed by atoms with Gasteiger partial charge in [0.2, 0.25) is 8.00 Å². The summed E-state index contributed by atoms with van der Waals surface area (Å²) in [5, 5.41) is 10.5. The third-order valence-corrected chi connectivity index (χ3v) is 6.09. The minimum Gasteiger partial charge on any atom is -0.277 e. The molecule has 0 unspecified atom stereocenters. The molecule has 20 heavy (non-hydrogen) atoms. The monoisotopic (exact) mass is 374 g/mol. The van der Waals surface area contributed by atoms with E-state index in [9.17, 15) is 14.9 Å². The van der Waals surface area contributed by atoms with Crippen LogP contribution in [0, 0.1) is 10.1 Å². The highest BCUT2D eigenvalue weighted by Gasteiger charge is 2.63. The smallest absolute Gasteiger partial charge is 0.273 e. The van der Waals surface area contributed by atoms with Crippen LogP contribution in [0.2, 0.25) is 0 Å². The molecule has 0 saturated carbocycles. The van der Waals surface area contributed by atoms with E-state index in [0.29, 0.717) is 5.56 Å². The van der Waals surface area contributed by atoms with Gasteiger partial charge in [-0.3, -0.25) is 19.2 Å². The lowest BCUT2D eigenvalue weighted by molar-refractivity contribution is -0.384. The zero-order valence-electron chi connectivity index (χ0n) is 9.56. The maximum absolute atomic E-state index is 12.0. The van der Waals surface area contributed by atoms with Crippen LogP contribution in [0.3, 0.4) is 0 Å². The Morgan fingerprint density at radius 1 is 1.20 bits per heavy atom. The van der Waals surface area contributed by atoms with Crippen molar-refractivity contribution >= 4 is 69.9 Å². The summed E-state index contributed by atoms with van der Waals surface area (Å²) in [6.07, 6.45) is 0. The lowest BCUT2D eigenvalue weighted by Gasteiger charge is -2.18. The van der Waals surface area contributed by atoms with E-state index >= 15 is 0 Å². The van der Waals surface area contributed by atoms with Crippen LogP contribution in [-0.2, 0) is 11.3 Å². The topological polar surface area (TPSA) is 63.5 Å². The molecule has 0 aromatic heterocycles. The van der Waals surface area contributed by atoms with Gasteiger partial charge in [0.25, 0.3) is 11.6 Å². The van der Waals surface area contributed by atoms with Crippen LogP contribution in [0.1, 0.15) is 5.56 Å². The maximum Gasteiger partial charge on any atom is 0.273 e. The standard InChI is InChI=1S/C10H6Cl4N2O3S/c11-9(12)8(17)15(20-10(9,13)14)5-6-1-3-7(4-2-6)16(18)19/h1-4H,5H2. The number of nitro benzene ring substituents is 1. The molecule has 1 fully saturated rings. The van der Waals surface area contributed by atoms with Gasteiger partial charge in [0.05, 0.1) is 11.5 Å². The summed E-state index contributed by atoms with van der Waals surface area (Å²) in [6.45, 7) is 0.129. The van der Waals surface area contributed by atoms with Gasteiger partial charge in [-0.1, -0.05) is 58.5 Å². The summed E-state index contributed by atoms with van der Waals surface area (Å²) < 4.78 is -2.41. The Balaban J connectivity index is 2.15. The third kappa shape index (κ3) is 2.80. The molecule has 0 aliphatic carbocycles. The number of non-ortho nitro benzene ring substituents is 1. The predicted molar refractivity (Wildman–Crippen MR) is 80.1 cm³/mol. The number of alkyl halides is 4. The van der Waals surface area contributed by atoms with Gasteiger partial charge in [-0.25, -0.2) is 0 Å². The summed E-state index contributed by atoms with van der Waals surface area (Å²) >= 11 is 24.3. The molecule has 10 heteroatoms. The van der Waals surface area contributed by atoms with Crippen LogP contribution in [0.5, 0.6) is 0 Å². The SMILES string of the molecule is O=C1N(Cc2ccc([N+](=O)[O-])cc2)SC(Cl)(Cl)C1(Cl)Cl. The van der Waals surface area contributed by atoms with E-state index in [1.807, 2.05) is 0 Å². The molecule has 0 spiro atoms. The Labute approximate surface area is 138 Å². The van der Waals surface area contributed by atoms with Crippen LogP contribution in [0.4, 0.5) is 5.69 Å². The molecular formula is C10H6Cl4N2O3S. The number of benzene rings is 1. The molecule has 1 aromatic rings. The lowest BCUT2D eigenvalue weighted by Crippen LogP contribution is -2.37. The number of nitrogens with zero attached hydrogens (tertiary/aromatic N) is 2. The van der Waals surface area contributed by atoms with Crippen LogP contribution in [-0.4, -0.2) is 23.1 Å². The van der Waals surface area contributed by atoms with E-state index in [-0.39, 0.29) is 12.2 Å². The number of amides is 1. The van der Waals surface area contributed by atoms with Gasteiger partial charge >= 0.3 is 0 Å². The highest BCUT2D eigenvalue weighted by molar-refractivity contribution is 8.02. The fraction of sp³-hybridized carbons (Fsp3) is 0.300. The van der Waals surface area contributed by atoms with Gasteiger partial charge in [-0.15, -0.1) is 0 Å². The zero-order valence-corrected chi connectivity index (χ0v) is 13.4. The lowest BCUT2D eigenvalue weighted by atomic mass is 10.2. The number of carbonyl (C=O) groups is 1. The number of rotatable bonds is 3. The van der Waals surface area contributed by atoms with E-state index in [0.717, 1.165) is 11.9 Å². The molecule has 0 radical (unpaired) electrons. The van der Waals surface area contributed by atoms with Crippen molar-refractivity contribution in [1.82, 2.24) is 4.31 Å². The second-order valence-corrected chi connectivity index (χ2v) is 8.29. The number of carbonyl (C=O) groups excluding carboxylic acids is 1. The van der Waals surface area contributed by atoms with Gasteiger partial charge in [0, 0.05) is 12.1 Å². The molecule has 0 N–H and O–H groups in total. The number of hydrogen-bond acceptors (Lipinski definition) is 4. The molecule has 1 heterocycles. The Bertz CT molecular complexity index is 564. The summed E-state index contributed by atoms with van der Waals surface area (Å²) in [6, 6.07) is 5.73. The average molecular weight is 376 g/mol. The van der Waals surface area contributed by atoms with Crippen molar-refractivity contribution in [2.45, 2.75) is 14.5 Å². The molecular weight excluding hydrogens is 370 g/mol. The first-order chi connectivity index (χ1) is 9.15. The van der Waals surface area contributed by atoms with Gasteiger partial charge in [0.1, 0.15) is 0 Å². The molecule has 1 aliphatic rings. The highest BCUT2D eigenvalue weighted by atomic mass is 35.5. The van der Waals surface area contributed by atoms with Crippen molar-refractivity contribution in [2.24, 2.45) is 0 Å². The number of halogens is 4. The highest BCUT2D eigenvalue weighted by Crippen LogP contribution is 2.58. The first kappa shape index (κ1) is 16.0. The van der Waals surface area contributed by atoms with Crippen molar-refractivity contribution in [3.05, 3.63) is 39.9 Å². The fourth-order valence-corrected chi connectivity index (χ4v) is 3.60. The van der Waals surface area contributed by atoms with Crippen molar-refractivity contribution < 1.29 is 9.72 Å². The predicted octanol–water partition coefficient (Wildman–Crippen LogP) is 3.89. The molecule has 2 rings (SSSR count). The van der Waals surface area contributed by atoms with Crippen LogP contribution < -0.4 is 0 Å². The largest absolute Gasteiger partial charge is 0.277 e. The molecule has 1 aromatic carbocycles. The quantitative estimate of drug-likeness (QED) is 0.348. The number of hydrogen-bond donors (Lipinski definition) is 0. The van der Waals surface area contributed by atoms with E-state index < -0.39 is 18.8 Å². The Morgan fingerprint density at radius 2 is 1.75 bits per heavy atom. The second kappa shape index (κ2) is 5.42. The summed E-state index contributed by atoms with van der Waals surface area (Å²) in [5.74, 6) is -0.630. The van der Waals surface area contributed by atoms with E-state index in [2.05, 4.69) is 0 Å². The minimum atomic E-state index is -1.94. The normalized spacial score (nSPS) is 20.2. The van der Waals surface area contributed by atoms with Gasteiger partial charge < -0.3 is 0 Å². The van der Waals surface area contributed by atoms with Crippen LogP contribution >= 0.6 is 58.4 Å². The Hall–Kier alpha value is -0.400. The molecule has 1 aliphatic heterocycles. The van der Waals surface area contributed by atoms with Crippen LogP contribution in [0.25, 0.3) is 0 Å². The van der Waals surface area contributed by atoms with E-state index in [1.54, 1.807) is 0 Å². The molecule has 0 atom stereocenters. The summed E-state index contributed by atoms with van der Waals surface area (Å²) in [4.78, 5) is 22.0. The fourth-order valence-electron chi connectivity index (χ4n) is 1.51. The second-order valence-electron chi connectivity index (χ2n) is 3.95. The maximum atomic E-state index is 12.0. The first-order valence-corrected chi connectivity index (χ1v) is 7.44. The third-order valence-electron chi connectivity index (χ3n) is 2.56. The molecule has 1 saturated heterocycles. The molecule has 1 amide bonds. The zero-order chi connectivity index (χ0) is 15.1. The minimum absolute atomic E-state index is 0.0396. The molecule has 108 valence electrons. The summed E-state index contributed by atoms with van der Waals surface area (Å²) in [7, 11) is 0. The van der Waals surface area contributed by atoms with Gasteiger partial charge in [-0.2, -0.15) is 0 Å². The van der Waals surface area contributed by atoms with Crippen molar-refractivity contribution in [1.29, 1.82) is 0 Å². The molecule has 5 nitrogen and oxygen atoms in total. The first-order valence-electron chi connectivity index (χ1n) is 5.15. The number of nitro groups is 1. The van der Waals surface area contributed by atoms with Crippen molar-refractivity contribution in [3.63, 3.8) is 0 Å². The van der Waals surface area contributed by atoms with Crippen molar-refractivity contribution in [2.75, 3.05) is 0 Å². The van der Waals surface area contributed by atoms with Gasteiger partial charge in [0.15, 0.2) is 0 Å². The summed E-state index contributed by atoms with van der Waals surface area (Å²) in [5.41, 5.74) is 0.619.